The van der Waals surface area contributed by atoms with Crippen molar-refractivity contribution in [3.8, 4) is 0 Å². The fraction of sp³-hybridized carbons (Fsp3) is 1.00. The highest BCUT2D eigenvalue weighted by molar-refractivity contribution is 4.83. The van der Waals surface area contributed by atoms with E-state index in [1.165, 1.54) is 0 Å². The van der Waals surface area contributed by atoms with Crippen LogP contribution in [0.3, 0.4) is 0 Å². The second-order valence-electron chi connectivity index (χ2n) is 3.97. The summed E-state index contributed by atoms with van der Waals surface area (Å²) >= 11 is 0. The van der Waals surface area contributed by atoms with E-state index in [0.717, 1.165) is 6.54 Å². The van der Waals surface area contributed by atoms with Gasteiger partial charge in [0.2, 0.25) is 0 Å². The molecule has 0 aromatic carbocycles. The first kappa shape index (κ1) is 7.98. The fourth-order valence-corrected chi connectivity index (χ4v) is 1.05. The SMILES string of the molecule is CN1NCC(C(C)(C)C)N1. The molecule has 0 aromatic heterocycles. The molecule has 1 unspecified atom stereocenters. The van der Waals surface area contributed by atoms with E-state index < -0.39 is 0 Å². The number of hydrazine groups is 2. The summed E-state index contributed by atoms with van der Waals surface area (Å²) in [5, 5.41) is 1.93. The van der Waals surface area contributed by atoms with Crippen molar-refractivity contribution in [1.29, 1.82) is 0 Å². The van der Waals surface area contributed by atoms with Crippen LogP contribution in [0.5, 0.6) is 0 Å². The molecule has 0 spiro atoms. The summed E-state index contributed by atoms with van der Waals surface area (Å²) in [6.45, 7) is 7.75. The Morgan fingerprint density at radius 2 is 2.00 bits per heavy atom. The predicted molar refractivity (Wildman–Crippen MR) is 42.1 cm³/mol. The maximum atomic E-state index is 3.32. The average Bonchev–Trinajstić information content (AvgIpc) is 2.11. The minimum Gasteiger partial charge on any atom is -0.240 e. The van der Waals surface area contributed by atoms with Gasteiger partial charge in [0.1, 0.15) is 0 Å². The lowest BCUT2D eigenvalue weighted by Crippen LogP contribution is -2.41. The molecule has 2 N–H and O–H groups in total. The Kier molecular flexibility index (Phi) is 1.99. The molecular formula is C7H17N3. The Morgan fingerprint density at radius 3 is 2.20 bits per heavy atom. The van der Waals surface area contributed by atoms with Crippen LogP contribution in [-0.4, -0.2) is 24.8 Å². The van der Waals surface area contributed by atoms with E-state index in [2.05, 4.69) is 31.6 Å². The van der Waals surface area contributed by atoms with Gasteiger partial charge in [0.25, 0.3) is 0 Å². The molecule has 0 bridgehead atoms. The Morgan fingerprint density at radius 1 is 1.40 bits per heavy atom. The number of hydrogen-bond acceptors (Lipinski definition) is 3. The first-order valence-corrected chi connectivity index (χ1v) is 3.73. The summed E-state index contributed by atoms with van der Waals surface area (Å²) in [5.41, 5.74) is 6.86. The van der Waals surface area contributed by atoms with E-state index in [1.807, 2.05) is 12.2 Å². The fourth-order valence-electron chi connectivity index (χ4n) is 1.05. The maximum absolute atomic E-state index is 3.32. The summed E-state index contributed by atoms with van der Waals surface area (Å²) < 4.78 is 0. The first-order valence-electron chi connectivity index (χ1n) is 3.73. The van der Waals surface area contributed by atoms with Crippen LogP contribution in [0.4, 0.5) is 0 Å². The van der Waals surface area contributed by atoms with Crippen LogP contribution in [0.1, 0.15) is 20.8 Å². The van der Waals surface area contributed by atoms with Crippen molar-refractivity contribution in [2.24, 2.45) is 5.41 Å². The Balaban J connectivity index is 2.45. The summed E-state index contributed by atoms with van der Waals surface area (Å²) in [5.74, 6) is 0. The summed E-state index contributed by atoms with van der Waals surface area (Å²) in [4.78, 5) is 0. The van der Waals surface area contributed by atoms with Crippen LogP contribution in [-0.2, 0) is 0 Å². The second kappa shape index (κ2) is 2.49. The smallest absolute Gasteiger partial charge is 0.0416 e. The third-order valence-corrected chi connectivity index (χ3v) is 1.93. The minimum atomic E-state index is 0.345. The molecule has 1 heterocycles. The number of hydrogen-bond donors (Lipinski definition) is 2. The molecule has 1 saturated heterocycles. The van der Waals surface area contributed by atoms with Crippen molar-refractivity contribution in [3.63, 3.8) is 0 Å². The van der Waals surface area contributed by atoms with E-state index in [1.54, 1.807) is 0 Å². The molecule has 0 saturated carbocycles. The quantitative estimate of drug-likeness (QED) is 0.512. The Labute approximate surface area is 62.7 Å². The van der Waals surface area contributed by atoms with Crippen LogP contribution in [0.15, 0.2) is 0 Å². The lowest BCUT2D eigenvalue weighted by molar-refractivity contribution is 0.188. The van der Waals surface area contributed by atoms with Crippen molar-refractivity contribution in [2.45, 2.75) is 26.8 Å². The third-order valence-electron chi connectivity index (χ3n) is 1.93. The lowest BCUT2D eigenvalue weighted by Gasteiger charge is -2.25. The van der Waals surface area contributed by atoms with Crippen molar-refractivity contribution in [2.75, 3.05) is 13.6 Å². The average molecular weight is 143 g/mol. The minimum absolute atomic E-state index is 0.345. The molecule has 1 atom stereocenters. The third kappa shape index (κ3) is 1.68. The molecule has 3 heteroatoms. The summed E-state index contributed by atoms with van der Waals surface area (Å²) in [6, 6.07) is 0.553. The highest BCUT2D eigenvalue weighted by Gasteiger charge is 2.29. The van der Waals surface area contributed by atoms with E-state index in [4.69, 9.17) is 0 Å². The van der Waals surface area contributed by atoms with Crippen LogP contribution >= 0.6 is 0 Å². The molecule has 1 aliphatic heterocycles. The predicted octanol–water partition coefficient (Wildman–Crippen LogP) is 0.356. The zero-order chi connectivity index (χ0) is 7.78. The largest absolute Gasteiger partial charge is 0.240 e. The van der Waals surface area contributed by atoms with Gasteiger partial charge in [-0.2, -0.15) is 5.12 Å². The van der Waals surface area contributed by atoms with E-state index >= 15 is 0 Å². The van der Waals surface area contributed by atoms with Gasteiger partial charge >= 0.3 is 0 Å². The van der Waals surface area contributed by atoms with E-state index in [0.29, 0.717) is 11.5 Å². The van der Waals surface area contributed by atoms with Crippen molar-refractivity contribution >= 4 is 0 Å². The zero-order valence-corrected chi connectivity index (χ0v) is 7.23. The van der Waals surface area contributed by atoms with E-state index in [-0.39, 0.29) is 0 Å². The Bertz CT molecular complexity index is 117. The molecule has 3 nitrogen and oxygen atoms in total. The monoisotopic (exact) mass is 143 g/mol. The maximum Gasteiger partial charge on any atom is 0.0416 e. The van der Waals surface area contributed by atoms with Crippen LogP contribution in [0.2, 0.25) is 0 Å². The van der Waals surface area contributed by atoms with Crippen LogP contribution < -0.4 is 10.9 Å². The molecule has 1 rings (SSSR count). The van der Waals surface area contributed by atoms with Gasteiger partial charge in [0.05, 0.1) is 0 Å². The molecule has 0 radical (unpaired) electrons. The number of rotatable bonds is 0. The normalized spacial score (nSPS) is 29.4. The van der Waals surface area contributed by atoms with Gasteiger partial charge in [-0.25, -0.2) is 10.9 Å². The number of nitrogens with one attached hydrogen (secondary N) is 2. The van der Waals surface area contributed by atoms with Gasteiger partial charge in [-0.15, -0.1) is 0 Å². The molecule has 60 valence electrons. The van der Waals surface area contributed by atoms with Crippen molar-refractivity contribution in [3.05, 3.63) is 0 Å². The zero-order valence-electron chi connectivity index (χ0n) is 7.23. The standard InChI is InChI=1S/C7H17N3/c1-7(2,3)6-5-8-10(4)9-6/h6,8-9H,5H2,1-4H3. The highest BCUT2D eigenvalue weighted by Crippen LogP contribution is 2.20. The highest BCUT2D eigenvalue weighted by atomic mass is 15.8. The summed E-state index contributed by atoms with van der Waals surface area (Å²) in [6.07, 6.45) is 0. The second-order valence-corrected chi connectivity index (χ2v) is 3.97. The van der Waals surface area contributed by atoms with Crippen LogP contribution in [0.25, 0.3) is 0 Å². The molecule has 0 amide bonds. The molecule has 10 heavy (non-hydrogen) atoms. The lowest BCUT2D eigenvalue weighted by atomic mass is 9.88. The van der Waals surface area contributed by atoms with Gasteiger partial charge < -0.3 is 0 Å². The van der Waals surface area contributed by atoms with Crippen molar-refractivity contribution < 1.29 is 0 Å². The Hall–Kier alpha value is -0.120. The van der Waals surface area contributed by atoms with E-state index in [9.17, 15) is 0 Å². The van der Waals surface area contributed by atoms with Gasteiger partial charge in [0.15, 0.2) is 0 Å². The molecule has 1 aliphatic rings. The first-order chi connectivity index (χ1) is 4.50. The van der Waals surface area contributed by atoms with Gasteiger partial charge in [-0.05, 0) is 5.41 Å². The molecule has 0 aromatic rings. The molecule has 1 fully saturated rings. The van der Waals surface area contributed by atoms with Gasteiger partial charge in [0, 0.05) is 19.6 Å². The van der Waals surface area contributed by atoms with Gasteiger partial charge in [-0.1, -0.05) is 20.8 Å². The molecular weight excluding hydrogens is 126 g/mol. The van der Waals surface area contributed by atoms with Gasteiger partial charge in [-0.3, -0.25) is 0 Å². The van der Waals surface area contributed by atoms with Crippen molar-refractivity contribution in [1.82, 2.24) is 16.0 Å². The molecule has 0 aliphatic carbocycles. The summed E-state index contributed by atoms with van der Waals surface area (Å²) in [7, 11) is 1.99. The topological polar surface area (TPSA) is 27.3 Å². The van der Waals surface area contributed by atoms with Crippen LogP contribution in [0, 0.1) is 5.41 Å². The number of nitrogens with zero attached hydrogens (tertiary/aromatic N) is 1.